The van der Waals surface area contributed by atoms with Gasteiger partial charge in [-0.05, 0) is 44.2 Å². The van der Waals surface area contributed by atoms with Gasteiger partial charge in [-0.25, -0.2) is 0 Å². The summed E-state index contributed by atoms with van der Waals surface area (Å²) in [5, 5.41) is 3.48. The summed E-state index contributed by atoms with van der Waals surface area (Å²) in [6.45, 7) is 8.73. The molecule has 1 heterocycles. The summed E-state index contributed by atoms with van der Waals surface area (Å²) in [5.74, 6) is 0. The van der Waals surface area contributed by atoms with Gasteiger partial charge in [0.1, 0.15) is 0 Å². The molecule has 2 fully saturated rings. The Morgan fingerprint density at radius 1 is 1.14 bits per heavy atom. The number of rotatable bonds is 3. The Morgan fingerprint density at radius 2 is 2.00 bits per heavy atom. The largest absolute Gasteiger partial charge is 0.315 e. The Hall–Kier alpha value is -0.0800. The van der Waals surface area contributed by atoms with Crippen LogP contribution in [0.15, 0.2) is 0 Å². The highest BCUT2D eigenvalue weighted by atomic mass is 15.2. The fraction of sp³-hybridized carbons (Fsp3) is 1.00. The lowest BCUT2D eigenvalue weighted by atomic mass is 9.66. The molecule has 2 aliphatic rings. The van der Waals surface area contributed by atoms with Crippen molar-refractivity contribution in [3.63, 3.8) is 0 Å². The molecule has 1 N–H and O–H groups in total. The van der Waals surface area contributed by atoms with Gasteiger partial charge < -0.3 is 10.2 Å². The van der Waals surface area contributed by atoms with E-state index in [1.165, 1.54) is 64.8 Å². The second-order valence-electron chi connectivity index (χ2n) is 5.09. The Bertz CT molecular complexity index is 162. The van der Waals surface area contributed by atoms with Gasteiger partial charge in [0.25, 0.3) is 0 Å². The second-order valence-corrected chi connectivity index (χ2v) is 5.09. The van der Waals surface area contributed by atoms with Crippen LogP contribution in [-0.4, -0.2) is 37.6 Å². The molecule has 0 spiro atoms. The van der Waals surface area contributed by atoms with Crippen LogP contribution in [0.1, 0.15) is 39.0 Å². The van der Waals surface area contributed by atoms with Crippen LogP contribution < -0.4 is 5.32 Å². The lowest BCUT2D eigenvalue weighted by Gasteiger charge is -2.44. The molecule has 0 unspecified atom stereocenters. The molecule has 1 saturated heterocycles. The second kappa shape index (κ2) is 4.63. The molecular weight excluding hydrogens is 172 g/mol. The van der Waals surface area contributed by atoms with Crippen molar-refractivity contribution in [2.45, 2.75) is 39.0 Å². The van der Waals surface area contributed by atoms with E-state index in [0.29, 0.717) is 5.41 Å². The minimum atomic E-state index is 0.713. The topological polar surface area (TPSA) is 15.3 Å². The van der Waals surface area contributed by atoms with E-state index in [-0.39, 0.29) is 0 Å². The quantitative estimate of drug-likeness (QED) is 0.741. The van der Waals surface area contributed by atoms with Crippen LogP contribution in [0.2, 0.25) is 0 Å². The number of hydrogen-bond acceptors (Lipinski definition) is 2. The summed E-state index contributed by atoms with van der Waals surface area (Å²) >= 11 is 0. The van der Waals surface area contributed by atoms with Crippen molar-refractivity contribution in [3.8, 4) is 0 Å². The highest BCUT2D eigenvalue weighted by Crippen LogP contribution is 2.44. The smallest absolute Gasteiger partial charge is 0.0107 e. The maximum atomic E-state index is 3.48. The van der Waals surface area contributed by atoms with E-state index in [0.717, 1.165) is 0 Å². The van der Waals surface area contributed by atoms with Crippen LogP contribution in [0.3, 0.4) is 0 Å². The van der Waals surface area contributed by atoms with Crippen LogP contribution in [0.25, 0.3) is 0 Å². The van der Waals surface area contributed by atoms with Gasteiger partial charge in [0, 0.05) is 19.6 Å². The molecule has 2 heteroatoms. The predicted octanol–water partition coefficient (Wildman–Crippen LogP) is 1.86. The SMILES string of the molecule is CCC1(CN2CCCNCC2)CCC1. The van der Waals surface area contributed by atoms with Crippen molar-refractivity contribution in [2.24, 2.45) is 5.41 Å². The number of nitrogens with zero attached hydrogens (tertiary/aromatic N) is 1. The van der Waals surface area contributed by atoms with Gasteiger partial charge >= 0.3 is 0 Å². The normalized spacial score (nSPS) is 28.1. The lowest BCUT2D eigenvalue weighted by Crippen LogP contribution is -2.43. The first-order valence-corrected chi connectivity index (χ1v) is 6.28. The van der Waals surface area contributed by atoms with Crippen molar-refractivity contribution >= 4 is 0 Å². The maximum absolute atomic E-state index is 3.48. The van der Waals surface area contributed by atoms with E-state index in [9.17, 15) is 0 Å². The van der Waals surface area contributed by atoms with Gasteiger partial charge in [0.05, 0.1) is 0 Å². The highest BCUT2D eigenvalue weighted by molar-refractivity contribution is 4.89. The minimum Gasteiger partial charge on any atom is -0.315 e. The maximum Gasteiger partial charge on any atom is 0.0107 e. The van der Waals surface area contributed by atoms with Crippen molar-refractivity contribution in [1.82, 2.24) is 10.2 Å². The van der Waals surface area contributed by atoms with Gasteiger partial charge in [0.2, 0.25) is 0 Å². The third-order valence-corrected chi connectivity index (χ3v) is 4.16. The summed E-state index contributed by atoms with van der Waals surface area (Å²) < 4.78 is 0. The molecule has 0 aromatic rings. The molecule has 0 atom stereocenters. The molecule has 0 aromatic carbocycles. The monoisotopic (exact) mass is 196 g/mol. The fourth-order valence-electron chi connectivity index (χ4n) is 2.83. The molecule has 0 aromatic heterocycles. The summed E-state index contributed by atoms with van der Waals surface area (Å²) in [6, 6.07) is 0. The van der Waals surface area contributed by atoms with E-state index in [2.05, 4.69) is 17.1 Å². The molecule has 1 saturated carbocycles. The van der Waals surface area contributed by atoms with E-state index in [1.807, 2.05) is 0 Å². The molecule has 0 radical (unpaired) electrons. The fourth-order valence-corrected chi connectivity index (χ4v) is 2.83. The molecule has 0 amide bonds. The molecule has 2 nitrogen and oxygen atoms in total. The van der Waals surface area contributed by atoms with Crippen molar-refractivity contribution < 1.29 is 0 Å². The van der Waals surface area contributed by atoms with Gasteiger partial charge in [-0.3, -0.25) is 0 Å². The van der Waals surface area contributed by atoms with Crippen LogP contribution in [0.4, 0.5) is 0 Å². The summed E-state index contributed by atoms with van der Waals surface area (Å²) in [7, 11) is 0. The van der Waals surface area contributed by atoms with E-state index >= 15 is 0 Å². The lowest BCUT2D eigenvalue weighted by molar-refractivity contribution is 0.0652. The van der Waals surface area contributed by atoms with Crippen LogP contribution in [0, 0.1) is 5.41 Å². The molecular formula is C12H24N2. The summed E-state index contributed by atoms with van der Waals surface area (Å²) in [6.07, 6.45) is 7.15. The molecule has 1 aliphatic heterocycles. The zero-order valence-corrected chi connectivity index (χ0v) is 9.52. The van der Waals surface area contributed by atoms with Gasteiger partial charge in [-0.1, -0.05) is 13.3 Å². The third-order valence-electron chi connectivity index (χ3n) is 4.16. The Labute approximate surface area is 88.1 Å². The molecule has 0 bridgehead atoms. The van der Waals surface area contributed by atoms with E-state index in [4.69, 9.17) is 0 Å². The van der Waals surface area contributed by atoms with Crippen molar-refractivity contribution in [3.05, 3.63) is 0 Å². The minimum absolute atomic E-state index is 0.713. The van der Waals surface area contributed by atoms with Gasteiger partial charge in [0.15, 0.2) is 0 Å². The highest BCUT2D eigenvalue weighted by Gasteiger charge is 2.36. The van der Waals surface area contributed by atoms with Crippen LogP contribution in [0.5, 0.6) is 0 Å². The van der Waals surface area contributed by atoms with Crippen LogP contribution >= 0.6 is 0 Å². The molecule has 2 rings (SSSR count). The molecule has 1 aliphatic carbocycles. The van der Waals surface area contributed by atoms with Crippen molar-refractivity contribution in [1.29, 1.82) is 0 Å². The Balaban J connectivity index is 1.82. The predicted molar refractivity (Wildman–Crippen MR) is 60.5 cm³/mol. The average Bonchev–Trinajstić information content (AvgIpc) is 2.39. The Kier molecular flexibility index (Phi) is 3.45. The summed E-state index contributed by atoms with van der Waals surface area (Å²) in [4.78, 5) is 2.68. The molecule has 82 valence electrons. The first-order valence-electron chi connectivity index (χ1n) is 6.28. The number of hydrogen-bond donors (Lipinski definition) is 1. The first kappa shape index (κ1) is 10.4. The van der Waals surface area contributed by atoms with Gasteiger partial charge in [-0.15, -0.1) is 0 Å². The zero-order valence-electron chi connectivity index (χ0n) is 9.52. The zero-order chi connectivity index (χ0) is 9.86. The Morgan fingerprint density at radius 3 is 2.64 bits per heavy atom. The molecule has 14 heavy (non-hydrogen) atoms. The first-order chi connectivity index (χ1) is 6.85. The van der Waals surface area contributed by atoms with Crippen LogP contribution in [-0.2, 0) is 0 Å². The van der Waals surface area contributed by atoms with Gasteiger partial charge in [-0.2, -0.15) is 0 Å². The third kappa shape index (κ3) is 2.29. The average molecular weight is 196 g/mol. The van der Waals surface area contributed by atoms with E-state index < -0.39 is 0 Å². The van der Waals surface area contributed by atoms with Crippen molar-refractivity contribution in [2.75, 3.05) is 32.7 Å². The summed E-state index contributed by atoms with van der Waals surface area (Å²) in [5.41, 5.74) is 0.713. The van der Waals surface area contributed by atoms with E-state index in [1.54, 1.807) is 0 Å². The standard InChI is InChI=1S/C12H24N2/c1-2-12(5-3-6-12)11-14-9-4-7-13-8-10-14/h13H,2-11H2,1H3. The number of nitrogens with one attached hydrogen (secondary N) is 1.